The normalized spacial score (nSPS) is 13.3. The molecular formula is C13H25N3. The third-order valence-electron chi connectivity index (χ3n) is 2.70. The zero-order valence-electron chi connectivity index (χ0n) is 11.0. The SMILES string of the molecule is CCCn1nccc1CNC(C)CC(C)C. The average molecular weight is 223 g/mol. The van der Waals surface area contributed by atoms with Crippen LogP contribution in [0.5, 0.6) is 0 Å². The largest absolute Gasteiger partial charge is 0.309 e. The summed E-state index contributed by atoms with van der Waals surface area (Å²) in [5, 5.41) is 7.88. The molecule has 1 aromatic rings. The van der Waals surface area contributed by atoms with Crippen LogP contribution >= 0.6 is 0 Å². The molecule has 0 radical (unpaired) electrons. The second-order valence-electron chi connectivity index (χ2n) is 4.96. The fraction of sp³-hybridized carbons (Fsp3) is 0.769. The molecule has 92 valence electrons. The summed E-state index contributed by atoms with van der Waals surface area (Å²) in [7, 11) is 0. The van der Waals surface area contributed by atoms with Crippen molar-refractivity contribution < 1.29 is 0 Å². The Morgan fingerprint density at radius 3 is 2.75 bits per heavy atom. The molecule has 16 heavy (non-hydrogen) atoms. The molecule has 0 aliphatic heterocycles. The molecule has 1 N–H and O–H groups in total. The van der Waals surface area contributed by atoms with E-state index in [1.165, 1.54) is 12.1 Å². The average Bonchev–Trinajstić information content (AvgIpc) is 2.62. The van der Waals surface area contributed by atoms with Crippen LogP contribution in [0.4, 0.5) is 0 Å². The number of aromatic nitrogens is 2. The molecule has 1 unspecified atom stereocenters. The predicted octanol–water partition coefficient (Wildman–Crippen LogP) is 2.82. The van der Waals surface area contributed by atoms with Gasteiger partial charge in [0, 0.05) is 25.3 Å². The van der Waals surface area contributed by atoms with Crippen LogP contribution in [0.15, 0.2) is 12.3 Å². The van der Waals surface area contributed by atoms with E-state index in [0.717, 1.165) is 25.4 Å². The molecule has 0 saturated carbocycles. The fourth-order valence-corrected chi connectivity index (χ4v) is 1.99. The Labute approximate surface area is 99.2 Å². The minimum atomic E-state index is 0.574. The molecule has 1 rings (SSSR count). The molecule has 3 nitrogen and oxygen atoms in total. The zero-order valence-corrected chi connectivity index (χ0v) is 11.0. The number of rotatable bonds is 7. The smallest absolute Gasteiger partial charge is 0.0522 e. The van der Waals surface area contributed by atoms with Crippen LogP contribution in [0.3, 0.4) is 0 Å². The number of hydrogen-bond donors (Lipinski definition) is 1. The Morgan fingerprint density at radius 1 is 1.38 bits per heavy atom. The summed E-state index contributed by atoms with van der Waals surface area (Å²) in [4.78, 5) is 0. The van der Waals surface area contributed by atoms with E-state index in [0.29, 0.717) is 6.04 Å². The third-order valence-corrected chi connectivity index (χ3v) is 2.70. The summed E-state index contributed by atoms with van der Waals surface area (Å²) in [5.41, 5.74) is 1.29. The van der Waals surface area contributed by atoms with E-state index in [-0.39, 0.29) is 0 Å². The van der Waals surface area contributed by atoms with Gasteiger partial charge in [0.15, 0.2) is 0 Å². The lowest BCUT2D eigenvalue weighted by Gasteiger charge is -2.16. The van der Waals surface area contributed by atoms with Gasteiger partial charge in [-0.3, -0.25) is 4.68 Å². The number of aryl methyl sites for hydroxylation is 1. The first kappa shape index (κ1) is 13.2. The molecule has 0 aliphatic carbocycles. The third kappa shape index (κ3) is 4.35. The highest BCUT2D eigenvalue weighted by Gasteiger charge is 2.06. The Hall–Kier alpha value is -0.830. The van der Waals surface area contributed by atoms with Gasteiger partial charge in [-0.1, -0.05) is 20.8 Å². The maximum Gasteiger partial charge on any atom is 0.0522 e. The van der Waals surface area contributed by atoms with E-state index < -0.39 is 0 Å². The molecule has 0 aliphatic rings. The highest BCUT2D eigenvalue weighted by molar-refractivity contribution is 5.00. The van der Waals surface area contributed by atoms with Gasteiger partial charge in [0.2, 0.25) is 0 Å². The van der Waals surface area contributed by atoms with Gasteiger partial charge in [0.05, 0.1) is 5.69 Å². The summed E-state index contributed by atoms with van der Waals surface area (Å²) in [6.07, 6.45) is 4.25. The second kappa shape index (κ2) is 6.69. The minimum absolute atomic E-state index is 0.574. The predicted molar refractivity (Wildman–Crippen MR) is 68.3 cm³/mol. The summed E-state index contributed by atoms with van der Waals surface area (Å²) in [6, 6.07) is 2.68. The van der Waals surface area contributed by atoms with Gasteiger partial charge < -0.3 is 5.32 Å². The van der Waals surface area contributed by atoms with Crippen molar-refractivity contribution in [3.8, 4) is 0 Å². The molecular weight excluding hydrogens is 198 g/mol. The summed E-state index contributed by atoms with van der Waals surface area (Å²) in [6.45, 7) is 10.9. The molecule has 0 fully saturated rings. The molecule has 3 heteroatoms. The van der Waals surface area contributed by atoms with Crippen LogP contribution in [-0.4, -0.2) is 15.8 Å². The lowest BCUT2D eigenvalue weighted by molar-refractivity contribution is 0.431. The molecule has 1 aromatic heterocycles. The van der Waals surface area contributed by atoms with Crippen LogP contribution in [0.2, 0.25) is 0 Å². The van der Waals surface area contributed by atoms with Crippen molar-refractivity contribution in [2.75, 3.05) is 0 Å². The van der Waals surface area contributed by atoms with E-state index in [4.69, 9.17) is 0 Å². The molecule has 0 amide bonds. The van der Waals surface area contributed by atoms with Gasteiger partial charge >= 0.3 is 0 Å². The summed E-state index contributed by atoms with van der Waals surface area (Å²) < 4.78 is 2.09. The fourth-order valence-electron chi connectivity index (χ4n) is 1.99. The Balaban J connectivity index is 2.38. The highest BCUT2D eigenvalue weighted by Crippen LogP contribution is 2.06. The van der Waals surface area contributed by atoms with Gasteiger partial charge in [-0.15, -0.1) is 0 Å². The molecule has 1 atom stereocenters. The highest BCUT2D eigenvalue weighted by atomic mass is 15.3. The maximum atomic E-state index is 4.32. The first-order valence-corrected chi connectivity index (χ1v) is 6.37. The number of hydrogen-bond acceptors (Lipinski definition) is 2. The second-order valence-corrected chi connectivity index (χ2v) is 4.96. The quantitative estimate of drug-likeness (QED) is 0.770. The lowest BCUT2D eigenvalue weighted by Crippen LogP contribution is -2.28. The van der Waals surface area contributed by atoms with Crippen LogP contribution in [0.25, 0.3) is 0 Å². The van der Waals surface area contributed by atoms with Gasteiger partial charge in [0.1, 0.15) is 0 Å². The first-order chi connectivity index (χ1) is 7.63. The van der Waals surface area contributed by atoms with Gasteiger partial charge in [-0.05, 0) is 31.7 Å². The van der Waals surface area contributed by atoms with Crippen LogP contribution < -0.4 is 5.32 Å². The number of nitrogens with one attached hydrogen (secondary N) is 1. The van der Waals surface area contributed by atoms with Crippen molar-refractivity contribution in [1.29, 1.82) is 0 Å². The summed E-state index contributed by atoms with van der Waals surface area (Å²) >= 11 is 0. The van der Waals surface area contributed by atoms with E-state index >= 15 is 0 Å². The maximum absolute atomic E-state index is 4.32. The first-order valence-electron chi connectivity index (χ1n) is 6.37. The molecule has 0 saturated heterocycles. The van der Waals surface area contributed by atoms with E-state index in [1.54, 1.807) is 0 Å². The van der Waals surface area contributed by atoms with Crippen molar-refractivity contribution in [3.63, 3.8) is 0 Å². The van der Waals surface area contributed by atoms with E-state index in [2.05, 4.69) is 48.9 Å². The van der Waals surface area contributed by atoms with Gasteiger partial charge in [-0.2, -0.15) is 5.10 Å². The van der Waals surface area contributed by atoms with Crippen molar-refractivity contribution in [1.82, 2.24) is 15.1 Å². The zero-order chi connectivity index (χ0) is 12.0. The molecule has 0 bridgehead atoms. The van der Waals surface area contributed by atoms with Gasteiger partial charge in [0.25, 0.3) is 0 Å². The Morgan fingerprint density at radius 2 is 2.12 bits per heavy atom. The van der Waals surface area contributed by atoms with Crippen molar-refractivity contribution >= 4 is 0 Å². The monoisotopic (exact) mass is 223 g/mol. The topological polar surface area (TPSA) is 29.9 Å². The van der Waals surface area contributed by atoms with Crippen molar-refractivity contribution in [2.45, 2.75) is 59.7 Å². The molecule has 1 heterocycles. The molecule has 0 spiro atoms. The van der Waals surface area contributed by atoms with E-state index in [9.17, 15) is 0 Å². The lowest BCUT2D eigenvalue weighted by atomic mass is 10.1. The number of nitrogens with zero attached hydrogens (tertiary/aromatic N) is 2. The van der Waals surface area contributed by atoms with Crippen molar-refractivity contribution in [3.05, 3.63) is 18.0 Å². The van der Waals surface area contributed by atoms with Gasteiger partial charge in [-0.25, -0.2) is 0 Å². The van der Waals surface area contributed by atoms with Crippen LogP contribution in [0, 0.1) is 5.92 Å². The van der Waals surface area contributed by atoms with Crippen LogP contribution in [-0.2, 0) is 13.1 Å². The Kier molecular flexibility index (Phi) is 5.53. The Bertz CT molecular complexity index is 291. The molecule has 0 aromatic carbocycles. The van der Waals surface area contributed by atoms with Crippen molar-refractivity contribution in [2.24, 2.45) is 5.92 Å². The minimum Gasteiger partial charge on any atom is -0.309 e. The van der Waals surface area contributed by atoms with Crippen LogP contribution in [0.1, 0.15) is 46.2 Å². The van der Waals surface area contributed by atoms with E-state index in [1.807, 2.05) is 6.20 Å². The summed E-state index contributed by atoms with van der Waals surface area (Å²) in [5.74, 6) is 0.753. The standard InChI is InChI=1S/C13H25N3/c1-5-8-16-13(6-7-15-16)10-14-12(4)9-11(2)3/h6-7,11-12,14H,5,8-10H2,1-4H3.